The summed E-state index contributed by atoms with van der Waals surface area (Å²) in [5, 5.41) is 12.6. The van der Waals surface area contributed by atoms with E-state index < -0.39 is 5.97 Å². The summed E-state index contributed by atoms with van der Waals surface area (Å²) in [4.78, 5) is 22.7. The third-order valence-electron chi connectivity index (χ3n) is 5.24. The van der Waals surface area contributed by atoms with Crippen LogP contribution in [0.5, 0.6) is 5.75 Å². The number of ether oxygens (including phenoxy) is 1. The van der Waals surface area contributed by atoms with Gasteiger partial charge in [-0.25, -0.2) is 10.2 Å². The van der Waals surface area contributed by atoms with E-state index in [1.807, 2.05) is 0 Å². The number of carbonyl (C=O) groups is 2. The van der Waals surface area contributed by atoms with Crippen LogP contribution in [0.3, 0.4) is 0 Å². The predicted molar refractivity (Wildman–Crippen MR) is 88.9 cm³/mol. The summed E-state index contributed by atoms with van der Waals surface area (Å²) in [5.41, 5.74) is 3.64. The molecule has 6 nitrogen and oxygen atoms in total. The highest BCUT2D eigenvalue weighted by Crippen LogP contribution is 2.66. The molecule has 0 unspecified atom stereocenters. The van der Waals surface area contributed by atoms with Crippen molar-refractivity contribution in [1.29, 1.82) is 0 Å². The van der Waals surface area contributed by atoms with Gasteiger partial charge in [-0.1, -0.05) is 19.8 Å². The van der Waals surface area contributed by atoms with Crippen molar-refractivity contribution in [2.75, 3.05) is 6.61 Å². The van der Waals surface area contributed by atoms with E-state index in [-0.39, 0.29) is 23.8 Å². The van der Waals surface area contributed by atoms with E-state index in [1.165, 1.54) is 12.8 Å². The predicted octanol–water partition coefficient (Wildman–Crippen LogP) is 2.43. The maximum absolute atomic E-state index is 12.3. The summed E-state index contributed by atoms with van der Waals surface area (Å²) in [6.45, 7) is 1.84. The molecule has 1 amide bonds. The second-order valence-corrected chi connectivity index (χ2v) is 6.82. The average Bonchev–Trinajstić information content (AvgIpc) is 3.19. The van der Waals surface area contributed by atoms with Gasteiger partial charge < -0.3 is 9.84 Å². The molecule has 2 N–H and O–H groups in total. The molecule has 1 aromatic carbocycles. The summed E-state index contributed by atoms with van der Waals surface area (Å²) < 4.78 is 5.06. The number of carboxylic acids is 1. The van der Waals surface area contributed by atoms with Crippen LogP contribution in [-0.2, 0) is 9.59 Å². The molecular formula is C18H22N2O4. The Morgan fingerprint density at radius 1 is 1.38 bits per heavy atom. The minimum absolute atomic E-state index is 0.0158. The molecule has 0 spiro atoms. The Labute approximate surface area is 140 Å². The van der Waals surface area contributed by atoms with Crippen molar-refractivity contribution in [3.63, 3.8) is 0 Å². The molecule has 0 heterocycles. The molecule has 2 saturated carbocycles. The number of carbonyl (C=O) groups excluding carboxylic acids is 1. The summed E-state index contributed by atoms with van der Waals surface area (Å²) in [6, 6.07) is 6.85. The number of carboxylic acid groups (broad SMARTS) is 1. The number of fused-ring (bicyclic) bond motifs is 1. The fraction of sp³-hybridized carbons (Fsp3) is 0.500. The van der Waals surface area contributed by atoms with Gasteiger partial charge in [0.1, 0.15) is 5.75 Å². The zero-order valence-corrected chi connectivity index (χ0v) is 13.7. The van der Waals surface area contributed by atoms with Crippen LogP contribution in [0.2, 0.25) is 0 Å². The van der Waals surface area contributed by atoms with E-state index in [0.29, 0.717) is 11.7 Å². The number of aliphatic carboxylic acids is 1. The van der Waals surface area contributed by atoms with Gasteiger partial charge in [-0.2, -0.15) is 5.10 Å². The van der Waals surface area contributed by atoms with Crippen molar-refractivity contribution in [1.82, 2.24) is 5.43 Å². The van der Waals surface area contributed by atoms with Crippen LogP contribution in [-0.4, -0.2) is 29.8 Å². The second kappa shape index (κ2) is 6.63. The number of nitrogens with one attached hydrogen (secondary N) is 1. The minimum Gasteiger partial charge on any atom is -0.482 e. The van der Waals surface area contributed by atoms with E-state index in [9.17, 15) is 9.59 Å². The zero-order chi connectivity index (χ0) is 17.2. The van der Waals surface area contributed by atoms with E-state index in [2.05, 4.69) is 17.5 Å². The van der Waals surface area contributed by atoms with Gasteiger partial charge in [0, 0.05) is 5.92 Å². The standard InChI is InChI=1S/C18H22N2O4/c1-18-9-3-2-4-14(18)16(18)17(23)20-19-10-12-5-7-13(8-6-12)24-11-15(21)22/h5-8,10,14,16H,2-4,9,11H2,1H3,(H,20,23)(H,21,22)/b19-10-/t14-,16+,18+/m0/s1. The molecule has 0 aliphatic heterocycles. The molecule has 1 aromatic rings. The molecular weight excluding hydrogens is 308 g/mol. The minimum atomic E-state index is -1.02. The van der Waals surface area contributed by atoms with Crippen LogP contribution in [0.4, 0.5) is 0 Å². The van der Waals surface area contributed by atoms with Gasteiger partial charge in [-0.15, -0.1) is 0 Å². The van der Waals surface area contributed by atoms with Crippen molar-refractivity contribution in [3.8, 4) is 5.75 Å². The fourth-order valence-corrected chi connectivity index (χ4v) is 3.89. The summed E-state index contributed by atoms with van der Waals surface area (Å²) in [6.07, 6.45) is 6.31. The topological polar surface area (TPSA) is 88.0 Å². The van der Waals surface area contributed by atoms with Gasteiger partial charge in [0.2, 0.25) is 5.91 Å². The molecule has 0 radical (unpaired) electrons. The number of amides is 1. The number of hydrazone groups is 1. The molecule has 2 aliphatic carbocycles. The smallest absolute Gasteiger partial charge is 0.341 e. The van der Waals surface area contributed by atoms with Crippen LogP contribution in [0.1, 0.15) is 38.2 Å². The van der Waals surface area contributed by atoms with Crippen LogP contribution in [0.15, 0.2) is 29.4 Å². The van der Waals surface area contributed by atoms with Gasteiger partial charge >= 0.3 is 5.97 Å². The van der Waals surface area contributed by atoms with Gasteiger partial charge in [0.05, 0.1) is 6.21 Å². The van der Waals surface area contributed by atoms with Crippen molar-refractivity contribution in [2.24, 2.45) is 22.4 Å². The third-order valence-corrected chi connectivity index (χ3v) is 5.24. The van der Waals surface area contributed by atoms with E-state index >= 15 is 0 Å². The first kappa shape index (κ1) is 16.5. The van der Waals surface area contributed by atoms with Crippen molar-refractivity contribution in [3.05, 3.63) is 29.8 Å². The quantitative estimate of drug-likeness (QED) is 0.619. The van der Waals surface area contributed by atoms with E-state index in [4.69, 9.17) is 9.84 Å². The maximum atomic E-state index is 12.3. The van der Waals surface area contributed by atoms with Crippen molar-refractivity contribution in [2.45, 2.75) is 32.6 Å². The van der Waals surface area contributed by atoms with Gasteiger partial charge in [0.25, 0.3) is 0 Å². The maximum Gasteiger partial charge on any atom is 0.341 e. The zero-order valence-electron chi connectivity index (χ0n) is 13.7. The molecule has 0 aromatic heterocycles. The monoisotopic (exact) mass is 330 g/mol. The first-order valence-electron chi connectivity index (χ1n) is 8.28. The molecule has 128 valence electrons. The third kappa shape index (κ3) is 3.42. The first-order valence-corrected chi connectivity index (χ1v) is 8.28. The van der Waals surface area contributed by atoms with E-state index in [1.54, 1.807) is 30.5 Å². The lowest BCUT2D eigenvalue weighted by Crippen LogP contribution is -2.22. The Balaban J connectivity index is 1.49. The summed E-state index contributed by atoms with van der Waals surface area (Å²) >= 11 is 0. The molecule has 2 aliphatic rings. The molecule has 2 fully saturated rings. The molecule has 6 heteroatoms. The number of rotatable bonds is 6. The molecule has 24 heavy (non-hydrogen) atoms. The first-order chi connectivity index (χ1) is 11.5. The van der Waals surface area contributed by atoms with Crippen molar-refractivity contribution >= 4 is 18.1 Å². The summed E-state index contributed by atoms with van der Waals surface area (Å²) in [5.74, 6) is 0.101. The van der Waals surface area contributed by atoms with Crippen LogP contribution in [0.25, 0.3) is 0 Å². The van der Waals surface area contributed by atoms with Gasteiger partial charge in [0.15, 0.2) is 6.61 Å². The lowest BCUT2D eigenvalue weighted by molar-refractivity contribution is -0.139. The van der Waals surface area contributed by atoms with Gasteiger partial charge in [-0.05, 0) is 54.0 Å². The normalized spacial score (nSPS) is 28.2. The highest BCUT2D eigenvalue weighted by Gasteiger charge is 2.64. The Morgan fingerprint density at radius 3 is 2.75 bits per heavy atom. The molecule has 3 rings (SSSR count). The number of benzene rings is 1. The van der Waals surface area contributed by atoms with Crippen LogP contribution < -0.4 is 10.2 Å². The SMILES string of the molecule is C[C@@]12CCCC[C@H]1[C@@H]2C(=O)N/N=C\c1ccc(OCC(=O)O)cc1. The summed E-state index contributed by atoms with van der Waals surface area (Å²) in [7, 11) is 0. The molecule has 3 atom stereocenters. The largest absolute Gasteiger partial charge is 0.482 e. The van der Waals surface area contributed by atoms with Crippen LogP contribution in [0, 0.1) is 17.3 Å². The lowest BCUT2D eigenvalue weighted by atomic mass is 9.90. The van der Waals surface area contributed by atoms with E-state index in [0.717, 1.165) is 18.4 Å². The highest BCUT2D eigenvalue weighted by molar-refractivity contribution is 5.86. The lowest BCUT2D eigenvalue weighted by Gasteiger charge is -2.15. The fourth-order valence-electron chi connectivity index (χ4n) is 3.89. The Morgan fingerprint density at radius 2 is 2.12 bits per heavy atom. The molecule has 0 saturated heterocycles. The number of hydrogen-bond donors (Lipinski definition) is 2. The molecule has 0 bridgehead atoms. The number of nitrogens with zero attached hydrogens (tertiary/aromatic N) is 1. The average molecular weight is 330 g/mol. The van der Waals surface area contributed by atoms with Gasteiger partial charge in [-0.3, -0.25) is 4.79 Å². The number of hydrogen-bond acceptors (Lipinski definition) is 4. The Bertz CT molecular complexity index is 655. The Kier molecular flexibility index (Phi) is 4.55. The highest BCUT2D eigenvalue weighted by atomic mass is 16.5. The van der Waals surface area contributed by atoms with Crippen molar-refractivity contribution < 1.29 is 19.4 Å². The van der Waals surface area contributed by atoms with Crippen LogP contribution >= 0.6 is 0 Å². The Hall–Kier alpha value is -2.37. The second-order valence-electron chi connectivity index (χ2n) is 6.82.